The van der Waals surface area contributed by atoms with E-state index < -0.39 is 85.1 Å². The van der Waals surface area contributed by atoms with Gasteiger partial charge < -0.3 is 15.0 Å². The maximum absolute atomic E-state index is 15.4. The van der Waals surface area contributed by atoms with E-state index in [1.54, 1.807) is 12.1 Å². The fraction of sp³-hybridized carbons (Fsp3) is 0.321. The number of carbonyl (C=O) groups excluding carboxylic acids is 3. The lowest BCUT2D eigenvalue weighted by atomic mass is 9.90. The average Bonchev–Trinajstić information content (AvgIpc) is 3.30. The van der Waals surface area contributed by atoms with Gasteiger partial charge in [0.15, 0.2) is 11.1 Å². The van der Waals surface area contributed by atoms with Gasteiger partial charge in [0.05, 0.1) is 38.1 Å². The van der Waals surface area contributed by atoms with Crippen LogP contribution in [-0.4, -0.2) is 69.1 Å². The number of urea groups is 1. The molecule has 15 heteroatoms. The molecule has 1 atom stereocenters. The van der Waals surface area contributed by atoms with E-state index in [4.69, 9.17) is 4.74 Å². The summed E-state index contributed by atoms with van der Waals surface area (Å²) in [6.07, 6.45) is -2.40. The van der Waals surface area contributed by atoms with Crippen molar-refractivity contribution in [1.82, 2.24) is 25.1 Å². The number of alkyl halides is 5. The number of nitrogens with one attached hydrogen (secondary N) is 1. The third-order valence-electron chi connectivity index (χ3n) is 7.96. The summed E-state index contributed by atoms with van der Waals surface area (Å²) in [7, 11) is 0. The second kappa shape index (κ2) is 9.76. The number of aromatic nitrogens is 2. The van der Waals surface area contributed by atoms with Gasteiger partial charge in [0, 0.05) is 23.5 Å². The first-order valence-corrected chi connectivity index (χ1v) is 12.9. The molecule has 0 saturated carbocycles. The average molecular weight is 605 g/mol. The zero-order valence-electron chi connectivity index (χ0n) is 22.0. The number of fused-ring (bicyclic) bond motifs is 2. The Morgan fingerprint density at radius 3 is 2.42 bits per heavy atom. The quantitative estimate of drug-likeness (QED) is 0.338. The molecule has 1 spiro atoms. The van der Waals surface area contributed by atoms with Crippen molar-refractivity contribution < 1.29 is 45.5 Å². The molecular weight excluding hydrogens is 584 g/mol. The number of hydrogen-bond donors (Lipinski definition) is 1. The molecule has 2 aliphatic heterocycles. The molecule has 0 unspecified atom stereocenters. The van der Waals surface area contributed by atoms with Gasteiger partial charge in [-0.05, 0) is 35.4 Å². The first kappa shape index (κ1) is 28.6. The van der Waals surface area contributed by atoms with Crippen molar-refractivity contribution in [3.8, 4) is 11.1 Å². The number of imide groups is 1. The number of carbonyl (C=O) groups is 3. The van der Waals surface area contributed by atoms with Crippen LogP contribution in [0.3, 0.4) is 0 Å². The molecular formula is C28H21F6N5O4. The fourth-order valence-electron chi connectivity index (χ4n) is 5.66. The van der Waals surface area contributed by atoms with Crippen molar-refractivity contribution in [2.75, 3.05) is 19.8 Å². The van der Waals surface area contributed by atoms with Crippen LogP contribution in [0.1, 0.15) is 23.2 Å². The van der Waals surface area contributed by atoms with Crippen LogP contribution >= 0.6 is 0 Å². The smallest absolute Gasteiger partial charge is 0.376 e. The van der Waals surface area contributed by atoms with E-state index in [2.05, 4.69) is 15.3 Å². The van der Waals surface area contributed by atoms with Gasteiger partial charge in [-0.15, -0.1) is 0 Å². The van der Waals surface area contributed by atoms with E-state index in [9.17, 15) is 31.9 Å². The Labute approximate surface area is 239 Å². The van der Waals surface area contributed by atoms with Crippen LogP contribution < -0.4 is 5.32 Å². The maximum atomic E-state index is 15.4. The molecule has 1 aliphatic carbocycles. The molecule has 0 bridgehead atoms. The Balaban J connectivity index is 1.31. The van der Waals surface area contributed by atoms with Crippen molar-refractivity contribution in [3.63, 3.8) is 0 Å². The summed E-state index contributed by atoms with van der Waals surface area (Å²) in [5, 5.41) is 2.27. The second-order valence-corrected chi connectivity index (χ2v) is 10.6. The van der Waals surface area contributed by atoms with Crippen LogP contribution in [-0.2, 0) is 32.3 Å². The summed E-state index contributed by atoms with van der Waals surface area (Å²) in [6, 6.07) is 8.03. The Morgan fingerprint density at radius 1 is 1.05 bits per heavy atom. The predicted octanol–water partition coefficient (Wildman–Crippen LogP) is 3.89. The highest BCUT2D eigenvalue weighted by atomic mass is 19.4. The molecule has 43 heavy (non-hydrogen) atoms. The van der Waals surface area contributed by atoms with E-state index in [-0.39, 0.29) is 11.3 Å². The summed E-state index contributed by atoms with van der Waals surface area (Å²) in [6.45, 7) is -3.78. The molecule has 6 rings (SSSR count). The molecule has 4 amide bonds. The lowest BCUT2D eigenvalue weighted by molar-refractivity contribution is -0.302. The van der Waals surface area contributed by atoms with Crippen LogP contribution in [0.15, 0.2) is 61.1 Å². The molecule has 0 radical (unpaired) electrons. The van der Waals surface area contributed by atoms with E-state index in [0.717, 1.165) is 18.3 Å². The summed E-state index contributed by atoms with van der Waals surface area (Å²) >= 11 is 0. The standard InChI is InChI=1S/C28H21F6N5O4/c29-18-4-5-19(36-10-18)11-39(25(14-43-15-25)28(32,33)34)22(40)12-38-23(41)26(37-24(38)42)13-27(30,31)21-8-16(3-6-20(21)26)17-2-1-7-35-9-17/h1-10H,11-15H2,(H,37,42)/t26-/m0/s1. The summed E-state index contributed by atoms with van der Waals surface area (Å²) in [5.74, 6) is -6.85. The van der Waals surface area contributed by atoms with E-state index >= 15 is 8.78 Å². The van der Waals surface area contributed by atoms with Crippen molar-refractivity contribution in [2.45, 2.75) is 36.1 Å². The third-order valence-corrected chi connectivity index (χ3v) is 7.96. The van der Waals surface area contributed by atoms with Crippen molar-refractivity contribution in [1.29, 1.82) is 0 Å². The fourth-order valence-corrected chi connectivity index (χ4v) is 5.66. The number of nitrogens with zero attached hydrogens (tertiary/aromatic N) is 4. The van der Waals surface area contributed by atoms with Gasteiger partial charge in [0.25, 0.3) is 11.8 Å². The highest BCUT2D eigenvalue weighted by molar-refractivity contribution is 6.10. The second-order valence-electron chi connectivity index (χ2n) is 10.6. The summed E-state index contributed by atoms with van der Waals surface area (Å²) < 4.78 is 91.7. The van der Waals surface area contributed by atoms with Crippen molar-refractivity contribution in [2.24, 2.45) is 0 Å². The Hall–Kier alpha value is -4.53. The zero-order chi connectivity index (χ0) is 30.8. The first-order chi connectivity index (χ1) is 20.3. The van der Waals surface area contributed by atoms with E-state index in [1.807, 2.05) is 0 Å². The van der Waals surface area contributed by atoms with E-state index in [1.165, 1.54) is 30.6 Å². The van der Waals surface area contributed by atoms with Gasteiger partial charge in [-0.25, -0.2) is 18.0 Å². The first-order valence-electron chi connectivity index (χ1n) is 12.9. The molecule has 224 valence electrons. The van der Waals surface area contributed by atoms with Crippen LogP contribution in [0, 0.1) is 5.82 Å². The highest BCUT2D eigenvalue weighted by Crippen LogP contribution is 2.53. The van der Waals surface area contributed by atoms with Gasteiger partial charge in [-0.1, -0.05) is 18.2 Å². The number of benzene rings is 1. The highest BCUT2D eigenvalue weighted by Gasteiger charge is 2.67. The number of halogens is 6. The van der Waals surface area contributed by atoms with Crippen molar-refractivity contribution in [3.05, 3.63) is 83.7 Å². The van der Waals surface area contributed by atoms with Gasteiger partial charge in [0.1, 0.15) is 12.4 Å². The number of amides is 4. The Bertz CT molecular complexity index is 1610. The number of rotatable bonds is 6. The number of ether oxygens (including phenoxy) is 1. The molecule has 1 aromatic carbocycles. The Morgan fingerprint density at radius 2 is 1.81 bits per heavy atom. The van der Waals surface area contributed by atoms with Crippen LogP contribution in [0.5, 0.6) is 0 Å². The van der Waals surface area contributed by atoms with Gasteiger partial charge in [-0.2, -0.15) is 13.2 Å². The van der Waals surface area contributed by atoms with Gasteiger partial charge >= 0.3 is 12.2 Å². The van der Waals surface area contributed by atoms with E-state index in [0.29, 0.717) is 20.9 Å². The number of pyridine rings is 2. The summed E-state index contributed by atoms with van der Waals surface area (Å²) in [4.78, 5) is 48.5. The molecule has 2 saturated heterocycles. The largest absolute Gasteiger partial charge is 0.416 e. The minimum Gasteiger partial charge on any atom is -0.376 e. The van der Waals surface area contributed by atoms with Crippen LogP contribution in [0.4, 0.5) is 31.1 Å². The van der Waals surface area contributed by atoms with Gasteiger partial charge in [0.2, 0.25) is 5.91 Å². The lowest BCUT2D eigenvalue weighted by Crippen LogP contribution is -2.72. The Kier molecular flexibility index (Phi) is 6.49. The predicted molar refractivity (Wildman–Crippen MR) is 134 cm³/mol. The third kappa shape index (κ3) is 4.49. The minimum atomic E-state index is -4.99. The van der Waals surface area contributed by atoms with Crippen molar-refractivity contribution >= 4 is 17.8 Å². The molecule has 2 fully saturated rings. The maximum Gasteiger partial charge on any atom is 0.416 e. The lowest BCUT2D eigenvalue weighted by Gasteiger charge is -2.50. The molecule has 1 N–H and O–H groups in total. The molecule has 2 aromatic heterocycles. The molecule has 3 aliphatic rings. The van der Waals surface area contributed by atoms with Gasteiger partial charge in [-0.3, -0.25) is 24.5 Å². The number of hydrogen-bond acceptors (Lipinski definition) is 6. The monoisotopic (exact) mass is 605 g/mol. The molecule has 4 heterocycles. The SMILES string of the molecule is O=C1N[C@]2(CC(F)(F)c3cc(-c4cccnc4)ccc32)C(=O)N1CC(=O)N(Cc1ccc(F)cn1)C1(C(F)(F)F)COC1. The summed E-state index contributed by atoms with van der Waals surface area (Å²) in [5.41, 5.74) is -4.94. The van der Waals surface area contributed by atoms with Crippen LogP contribution in [0.25, 0.3) is 11.1 Å². The normalized spacial score (nSPS) is 21.9. The molecule has 9 nitrogen and oxygen atoms in total. The minimum absolute atomic E-state index is 0.104. The zero-order valence-corrected chi connectivity index (χ0v) is 22.0. The molecule has 3 aromatic rings. The topological polar surface area (TPSA) is 105 Å². The van der Waals surface area contributed by atoms with Crippen LogP contribution in [0.2, 0.25) is 0 Å².